The number of nitrogens with zero attached hydrogens (tertiary/aromatic N) is 2. The molecular weight excluding hydrogens is 238 g/mol. The highest BCUT2D eigenvalue weighted by Crippen LogP contribution is 2.12. The van der Waals surface area contributed by atoms with E-state index < -0.39 is 0 Å². The Kier molecular flexibility index (Phi) is 5.01. The molecule has 1 aliphatic rings. The molecule has 0 radical (unpaired) electrons. The van der Waals surface area contributed by atoms with Crippen LogP contribution in [-0.2, 0) is 0 Å². The molecule has 0 aromatic carbocycles. The van der Waals surface area contributed by atoms with Crippen molar-refractivity contribution in [2.24, 2.45) is 0 Å². The van der Waals surface area contributed by atoms with Crippen LogP contribution in [0.1, 0.15) is 32.1 Å². The van der Waals surface area contributed by atoms with Crippen LogP contribution < -0.4 is 10.1 Å². The predicted molar refractivity (Wildman–Crippen MR) is 67.4 cm³/mol. The Balaban J connectivity index is 1.62. The number of hydrogen-bond acceptors (Lipinski definition) is 4. The molecule has 0 saturated carbocycles. The average Bonchev–Trinajstić information content (AvgIpc) is 2.36. The van der Waals surface area contributed by atoms with Crippen molar-refractivity contribution in [1.82, 2.24) is 15.3 Å². The molecule has 0 bridgehead atoms. The first-order chi connectivity index (χ1) is 8.34. The van der Waals surface area contributed by atoms with Gasteiger partial charge in [-0.05, 0) is 38.3 Å². The van der Waals surface area contributed by atoms with Crippen LogP contribution in [0.15, 0.2) is 12.3 Å². The van der Waals surface area contributed by atoms with Gasteiger partial charge in [-0.1, -0.05) is 18.0 Å². The SMILES string of the molecule is Clc1ccnc(OCCC[C@@H]2CCCCN2)n1. The highest BCUT2D eigenvalue weighted by molar-refractivity contribution is 6.29. The average molecular weight is 256 g/mol. The maximum Gasteiger partial charge on any atom is 0.317 e. The predicted octanol–water partition coefficient (Wildman–Crippen LogP) is 2.43. The van der Waals surface area contributed by atoms with E-state index in [1.165, 1.54) is 19.3 Å². The molecule has 0 spiro atoms. The van der Waals surface area contributed by atoms with E-state index in [0.717, 1.165) is 19.4 Å². The quantitative estimate of drug-likeness (QED) is 0.649. The van der Waals surface area contributed by atoms with Crippen molar-refractivity contribution >= 4 is 11.6 Å². The van der Waals surface area contributed by atoms with Gasteiger partial charge in [-0.3, -0.25) is 0 Å². The topological polar surface area (TPSA) is 47.0 Å². The lowest BCUT2D eigenvalue weighted by molar-refractivity contribution is 0.267. The first-order valence-electron chi connectivity index (χ1n) is 6.19. The first kappa shape index (κ1) is 12.6. The first-order valence-corrected chi connectivity index (χ1v) is 6.57. The van der Waals surface area contributed by atoms with Gasteiger partial charge in [0, 0.05) is 12.2 Å². The lowest BCUT2D eigenvalue weighted by Crippen LogP contribution is -2.34. The molecule has 0 amide bonds. The van der Waals surface area contributed by atoms with Crippen LogP contribution in [0.3, 0.4) is 0 Å². The minimum absolute atomic E-state index is 0.370. The van der Waals surface area contributed by atoms with Crippen LogP contribution >= 0.6 is 11.6 Å². The summed E-state index contributed by atoms with van der Waals surface area (Å²) in [6.45, 7) is 1.81. The molecule has 1 aromatic heterocycles. The van der Waals surface area contributed by atoms with Gasteiger partial charge >= 0.3 is 6.01 Å². The molecule has 0 unspecified atom stereocenters. The minimum atomic E-state index is 0.370. The van der Waals surface area contributed by atoms with Crippen molar-refractivity contribution in [1.29, 1.82) is 0 Å². The maximum atomic E-state index is 5.74. The van der Waals surface area contributed by atoms with Crippen molar-refractivity contribution in [2.75, 3.05) is 13.2 Å². The molecule has 5 heteroatoms. The zero-order valence-electron chi connectivity index (χ0n) is 9.86. The van der Waals surface area contributed by atoms with E-state index in [4.69, 9.17) is 16.3 Å². The number of ether oxygens (including phenoxy) is 1. The lowest BCUT2D eigenvalue weighted by atomic mass is 10.0. The second-order valence-corrected chi connectivity index (χ2v) is 4.69. The molecule has 94 valence electrons. The second kappa shape index (κ2) is 6.77. The largest absolute Gasteiger partial charge is 0.463 e. The number of piperidine rings is 1. The van der Waals surface area contributed by atoms with Gasteiger partial charge in [0.15, 0.2) is 0 Å². The normalized spacial score (nSPS) is 20.2. The summed E-state index contributed by atoms with van der Waals surface area (Å²) in [5.41, 5.74) is 0. The summed E-state index contributed by atoms with van der Waals surface area (Å²) in [4.78, 5) is 7.96. The van der Waals surface area contributed by atoms with E-state index >= 15 is 0 Å². The standard InChI is InChI=1S/C12H18ClN3O/c13-11-6-8-15-12(16-11)17-9-3-5-10-4-1-2-7-14-10/h6,8,10,14H,1-5,7,9H2/t10-/m0/s1. The summed E-state index contributed by atoms with van der Waals surface area (Å²) in [5.74, 6) is 0. The summed E-state index contributed by atoms with van der Waals surface area (Å²) in [6.07, 6.45) is 7.72. The Bertz CT molecular complexity index is 342. The van der Waals surface area contributed by atoms with Crippen molar-refractivity contribution in [3.05, 3.63) is 17.4 Å². The third kappa shape index (κ3) is 4.48. The van der Waals surface area contributed by atoms with E-state index in [-0.39, 0.29) is 0 Å². The monoisotopic (exact) mass is 255 g/mol. The number of hydrogen-bond donors (Lipinski definition) is 1. The summed E-state index contributed by atoms with van der Waals surface area (Å²) < 4.78 is 5.44. The number of nitrogens with one attached hydrogen (secondary N) is 1. The third-order valence-electron chi connectivity index (χ3n) is 2.94. The van der Waals surface area contributed by atoms with Crippen LogP contribution in [0.4, 0.5) is 0 Å². The van der Waals surface area contributed by atoms with Gasteiger partial charge in [0.1, 0.15) is 5.15 Å². The molecule has 2 rings (SSSR count). The summed E-state index contributed by atoms with van der Waals surface area (Å²) >= 11 is 5.74. The number of rotatable bonds is 5. The molecule has 1 saturated heterocycles. The fourth-order valence-corrected chi connectivity index (χ4v) is 2.18. The van der Waals surface area contributed by atoms with Crippen LogP contribution in [0.5, 0.6) is 6.01 Å². The van der Waals surface area contributed by atoms with E-state index in [2.05, 4.69) is 15.3 Å². The molecular formula is C12H18ClN3O. The van der Waals surface area contributed by atoms with E-state index in [1.54, 1.807) is 12.3 Å². The van der Waals surface area contributed by atoms with Gasteiger partial charge in [-0.2, -0.15) is 4.98 Å². The van der Waals surface area contributed by atoms with Gasteiger partial charge in [-0.25, -0.2) is 4.98 Å². The Hall–Kier alpha value is -0.870. The molecule has 2 heterocycles. The van der Waals surface area contributed by atoms with Crippen molar-refractivity contribution in [2.45, 2.75) is 38.1 Å². The fraction of sp³-hybridized carbons (Fsp3) is 0.667. The van der Waals surface area contributed by atoms with Crippen LogP contribution in [0.2, 0.25) is 5.15 Å². The molecule has 1 aromatic rings. The summed E-state index contributed by atoms with van der Waals surface area (Å²) in [6, 6.07) is 2.67. The zero-order valence-corrected chi connectivity index (χ0v) is 10.6. The fourth-order valence-electron chi connectivity index (χ4n) is 2.05. The molecule has 1 atom stereocenters. The summed E-state index contributed by atoms with van der Waals surface area (Å²) in [5, 5.41) is 3.94. The van der Waals surface area contributed by atoms with Gasteiger partial charge in [-0.15, -0.1) is 0 Å². The molecule has 4 nitrogen and oxygen atoms in total. The van der Waals surface area contributed by atoms with E-state index in [1.807, 2.05) is 0 Å². The van der Waals surface area contributed by atoms with Crippen LogP contribution in [-0.4, -0.2) is 29.2 Å². The highest BCUT2D eigenvalue weighted by atomic mass is 35.5. The van der Waals surface area contributed by atoms with E-state index in [0.29, 0.717) is 23.8 Å². The molecule has 1 N–H and O–H groups in total. The molecule has 0 aliphatic carbocycles. The Labute approximate surface area is 107 Å². The minimum Gasteiger partial charge on any atom is -0.463 e. The molecule has 17 heavy (non-hydrogen) atoms. The van der Waals surface area contributed by atoms with Gasteiger partial charge in [0.2, 0.25) is 0 Å². The lowest BCUT2D eigenvalue weighted by Gasteiger charge is -2.23. The highest BCUT2D eigenvalue weighted by Gasteiger charge is 2.11. The van der Waals surface area contributed by atoms with Gasteiger partial charge in [0.25, 0.3) is 0 Å². The Morgan fingerprint density at radius 3 is 3.18 bits per heavy atom. The van der Waals surface area contributed by atoms with Crippen molar-refractivity contribution in [3.8, 4) is 6.01 Å². The molecule has 1 aliphatic heterocycles. The maximum absolute atomic E-state index is 5.74. The van der Waals surface area contributed by atoms with Crippen molar-refractivity contribution < 1.29 is 4.74 Å². The summed E-state index contributed by atoms with van der Waals surface area (Å²) in [7, 11) is 0. The third-order valence-corrected chi connectivity index (χ3v) is 3.15. The van der Waals surface area contributed by atoms with Crippen LogP contribution in [0, 0.1) is 0 Å². The van der Waals surface area contributed by atoms with Gasteiger partial charge in [0.05, 0.1) is 6.61 Å². The van der Waals surface area contributed by atoms with E-state index in [9.17, 15) is 0 Å². The Morgan fingerprint density at radius 2 is 2.41 bits per heavy atom. The molecule has 1 fully saturated rings. The second-order valence-electron chi connectivity index (χ2n) is 4.30. The number of halogens is 1. The smallest absolute Gasteiger partial charge is 0.317 e. The zero-order chi connectivity index (χ0) is 11.9. The van der Waals surface area contributed by atoms with Crippen LogP contribution in [0.25, 0.3) is 0 Å². The number of aromatic nitrogens is 2. The van der Waals surface area contributed by atoms with Gasteiger partial charge < -0.3 is 10.1 Å². The Morgan fingerprint density at radius 1 is 1.47 bits per heavy atom. The van der Waals surface area contributed by atoms with Crippen molar-refractivity contribution in [3.63, 3.8) is 0 Å².